The number of thioether (sulfide) groups is 1. The SMILES string of the molecule is Cn1c(SCC(=O)Nc2ccc(Cl)c([N+](=O)[O-])c2)nnc1-c1cccnc1. The molecule has 0 saturated carbocycles. The molecule has 2 heterocycles. The van der Waals surface area contributed by atoms with Gasteiger partial charge in [-0.05, 0) is 24.3 Å². The van der Waals surface area contributed by atoms with Crippen molar-refractivity contribution in [3.05, 3.63) is 57.9 Å². The quantitative estimate of drug-likeness (QED) is 0.381. The Balaban J connectivity index is 1.64. The van der Waals surface area contributed by atoms with E-state index in [4.69, 9.17) is 11.6 Å². The lowest BCUT2D eigenvalue weighted by molar-refractivity contribution is -0.384. The number of aromatic nitrogens is 4. The molecule has 27 heavy (non-hydrogen) atoms. The number of carbonyl (C=O) groups is 1. The van der Waals surface area contributed by atoms with Gasteiger partial charge in [0, 0.05) is 36.8 Å². The van der Waals surface area contributed by atoms with Gasteiger partial charge in [-0.25, -0.2) is 0 Å². The molecule has 0 aliphatic heterocycles. The topological polar surface area (TPSA) is 116 Å². The lowest BCUT2D eigenvalue weighted by Crippen LogP contribution is -2.14. The van der Waals surface area contributed by atoms with Crippen LogP contribution in [0.2, 0.25) is 5.02 Å². The smallest absolute Gasteiger partial charge is 0.289 e. The van der Waals surface area contributed by atoms with Gasteiger partial charge in [-0.2, -0.15) is 0 Å². The van der Waals surface area contributed by atoms with E-state index in [1.807, 2.05) is 6.07 Å². The molecule has 0 aliphatic carbocycles. The molecule has 0 aliphatic rings. The molecule has 3 rings (SSSR count). The van der Waals surface area contributed by atoms with Crippen LogP contribution >= 0.6 is 23.4 Å². The summed E-state index contributed by atoms with van der Waals surface area (Å²) < 4.78 is 1.77. The highest BCUT2D eigenvalue weighted by atomic mass is 35.5. The number of pyridine rings is 1. The Morgan fingerprint density at radius 1 is 1.37 bits per heavy atom. The number of anilines is 1. The third kappa shape index (κ3) is 4.41. The van der Waals surface area contributed by atoms with Crippen LogP contribution < -0.4 is 5.32 Å². The molecule has 3 aromatic rings. The fourth-order valence-electron chi connectivity index (χ4n) is 2.24. The minimum absolute atomic E-state index is 0.00869. The van der Waals surface area contributed by atoms with E-state index in [9.17, 15) is 14.9 Å². The van der Waals surface area contributed by atoms with Crippen molar-refractivity contribution in [2.24, 2.45) is 7.05 Å². The zero-order valence-corrected chi connectivity index (χ0v) is 15.6. The zero-order valence-electron chi connectivity index (χ0n) is 14.0. The van der Waals surface area contributed by atoms with E-state index >= 15 is 0 Å². The number of rotatable bonds is 6. The first-order valence-corrected chi connectivity index (χ1v) is 8.98. The minimum Gasteiger partial charge on any atom is -0.325 e. The molecule has 138 valence electrons. The number of nitro groups is 1. The van der Waals surface area contributed by atoms with Gasteiger partial charge in [0.25, 0.3) is 5.69 Å². The molecule has 0 atom stereocenters. The molecule has 0 bridgehead atoms. The number of hydrogen-bond donors (Lipinski definition) is 1. The van der Waals surface area contributed by atoms with Crippen LogP contribution in [0.25, 0.3) is 11.4 Å². The first-order valence-electron chi connectivity index (χ1n) is 7.62. The lowest BCUT2D eigenvalue weighted by Gasteiger charge is -2.06. The Kier molecular flexibility index (Phi) is 5.67. The summed E-state index contributed by atoms with van der Waals surface area (Å²) in [6.07, 6.45) is 3.35. The molecule has 9 nitrogen and oxygen atoms in total. The highest BCUT2D eigenvalue weighted by molar-refractivity contribution is 7.99. The van der Waals surface area contributed by atoms with Crippen molar-refractivity contribution in [3.8, 4) is 11.4 Å². The first kappa shape index (κ1) is 18.8. The van der Waals surface area contributed by atoms with E-state index < -0.39 is 4.92 Å². The van der Waals surface area contributed by atoms with Crippen LogP contribution in [0.3, 0.4) is 0 Å². The predicted molar refractivity (Wildman–Crippen MR) is 102 cm³/mol. The van der Waals surface area contributed by atoms with E-state index in [0.29, 0.717) is 16.7 Å². The van der Waals surface area contributed by atoms with Gasteiger partial charge in [-0.15, -0.1) is 10.2 Å². The second-order valence-electron chi connectivity index (χ2n) is 5.37. The Hall–Kier alpha value is -2.98. The summed E-state index contributed by atoms with van der Waals surface area (Å²) in [4.78, 5) is 26.5. The largest absolute Gasteiger partial charge is 0.325 e. The number of benzene rings is 1. The van der Waals surface area contributed by atoms with Crippen LogP contribution in [0.15, 0.2) is 47.9 Å². The van der Waals surface area contributed by atoms with Gasteiger partial charge in [0.05, 0.1) is 10.7 Å². The van der Waals surface area contributed by atoms with Gasteiger partial charge >= 0.3 is 0 Å². The van der Waals surface area contributed by atoms with Crippen molar-refractivity contribution in [1.82, 2.24) is 19.7 Å². The third-order valence-electron chi connectivity index (χ3n) is 3.51. The summed E-state index contributed by atoms with van der Waals surface area (Å²) in [5.74, 6) is 0.372. The normalized spacial score (nSPS) is 10.6. The average Bonchev–Trinajstić information content (AvgIpc) is 3.02. The van der Waals surface area contributed by atoms with Gasteiger partial charge in [-0.3, -0.25) is 19.9 Å². The van der Waals surface area contributed by atoms with Gasteiger partial charge in [-0.1, -0.05) is 23.4 Å². The monoisotopic (exact) mass is 404 g/mol. The van der Waals surface area contributed by atoms with Crippen molar-refractivity contribution in [2.75, 3.05) is 11.1 Å². The Bertz CT molecular complexity index is 995. The minimum atomic E-state index is -0.605. The highest BCUT2D eigenvalue weighted by Crippen LogP contribution is 2.27. The number of carbonyl (C=O) groups excluding carboxylic acids is 1. The van der Waals surface area contributed by atoms with E-state index in [1.54, 1.807) is 30.1 Å². The van der Waals surface area contributed by atoms with Crippen molar-refractivity contribution < 1.29 is 9.72 Å². The lowest BCUT2D eigenvalue weighted by atomic mass is 10.3. The molecular formula is C16H13ClN6O3S. The van der Waals surface area contributed by atoms with Crippen molar-refractivity contribution in [1.29, 1.82) is 0 Å². The average molecular weight is 405 g/mol. The summed E-state index contributed by atoms with van der Waals surface area (Å²) >= 11 is 6.96. The maximum atomic E-state index is 12.1. The number of halogens is 1. The van der Waals surface area contributed by atoms with Crippen LogP contribution in [0, 0.1) is 10.1 Å². The standard InChI is InChI=1S/C16H13ClN6O3S/c1-22-15(10-3-2-6-18-8-10)20-21-16(22)27-9-14(24)19-11-4-5-12(17)13(7-11)23(25)26/h2-8H,9H2,1H3,(H,19,24). The highest BCUT2D eigenvalue weighted by Gasteiger charge is 2.16. The van der Waals surface area contributed by atoms with Gasteiger partial charge in [0.2, 0.25) is 5.91 Å². The van der Waals surface area contributed by atoms with Crippen LogP contribution in [-0.2, 0) is 11.8 Å². The molecule has 0 fully saturated rings. The van der Waals surface area contributed by atoms with Crippen molar-refractivity contribution in [2.45, 2.75) is 5.16 Å². The molecule has 0 radical (unpaired) electrons. The maximum absolute atomic E-state index is 12.1. The molecular weight excluding hydrogens is 392 g/mol. The van der Waals surface area contributed by atoms with Crippen LogP contribution in [0.5, 0.6) is 0 Å². The van der Waals surface area contributed by atoms with Crippen LogP contribution in [0.4, 0.5) is 11.4 Å². The summed E-state index contributed by atoms with van der Waals surface area (Å²) in [5.41, 5.74) is 0.847. The van der Waals surface area contributed by atoms with E-state index in [1.165, 1.54) is 30.0 Å². The fraction of sp³-hybridized carbons (Fsp3) is 0.125. The van der Waals surface area contributed by atoms with Crippen LogP contribution in [0.1, 0.15) is 0 Å². The molecule has 1 aromatic carbocycles. The maximum Gasteiger partial charge on any atom is 0.289 e. The predicted octanol–water partition coefficient (Wildman–Crippen LogP) is 3.17. The molecule has 1 N–H and O–H groups in total. The van der Waals surface area contributed by atoms with Crippen molar-refractivity contribution in [3.63, 3.8) is 0 Å². The Labute approximate surface area is 162 Å². The molecule has 11 heteroatoms. The third-order valence-corrected chi connectivity index (χ3v) is 4.85. The number of amides is 1. The summed E-state index contributed by atoms with van der Waals surface area (Å²) in [6, 6.07) is 7.75. The fourth-order valence-corrected chi connectivity index (χ4v) is 3.14. The molecule has 1 amide bonds. The number of nitro benzene ring substituents is 1. The zero-order chi connectivity index (χ0) is 19.4. The molecule has 0 saturated heterocycles. The summed E-state index contributed by atoms with van der Waals surface area (Å²) in [7, 11) is 1.80. The second-order valence-corrected chi connectivity index (χ2v) is 6.72. The molecule has 0 unspecified atom stereocenters. The van der Waals surface area contributed by atoms with Gasteiger partial charge < -0.3 is 9.88 Å². The van der Waals surface area contributed by atoms with Crippen LogP contribution in [-0.4, -0.2) is 36.3 Å². The summed E-state index contributed by atoms with van der Waals surface area (Å²) in [5, 5.41) is 22.3. The summed E-state index contributed by atoms with van der Waals surface area (Å²) in [6.45, 7) is 0. The molecule has 2 aromatic heterocycles. The van der Waals surface area contributed by atoms with Gasteiger partial charge in [0.15, 0.2) is 11.0 Å². The number of nitrogens with one attached hydrogen (secondary N) is 1. The number of nitrogens with zero attached hydrogens (tertiary/aromatic N) is 5. The molecule has 0 spiro atoms. The van der Waals surface area contributed by atoms with E-state index in [0.717, 1.165) is 5.56 Å². The van der Waals surface area contributed by atoms with Crippen molar-refractivity contribution >= 4 is 40.6 Å². The first-order chi connectivity index (χ1) is 13.0. The second kappa shape index (κ2) is 8.14. The Morgan fingerprint density at radius 3 is 2.89 bits per heavy atom. The number of hydrogen-bond acceptors (Lipinski definition) is 7. The van der Waals surface area contributed by atoms with E-state index in [2.05, 4.69) is 20.5 Å². The van der Waals surface area contributed by atoms with Gasteiger partial charge in [0.1, 0.15) is 5.02 Å². The van der Waals surface area contributed by atoms with E-state index in [-0.39, 0.29) is 22.4 Å². The Morgan fingerprint density at radius 2 is 2.19 bits per heavy atom.